The third kappa shape index (κ3) is 2.36. The molecule has 82 valence electrons. The fourth-order valence-electron chi connectivity index (χ4n) is 1.83. The summed E-state index contributed by atoms with van der Waals surface area (Å²) in [5, 5.41) is 0. The molecular weight excluding hydrogens is 192 g/mol. The van der Waals surface area contributed by atoms with Gasteiger partial charge < -0.3 is 15.4 Å². The van der Waals surface area contributed by atoms with Crippen molar-refractivity contribution in [2.75, 3.05) is 25.1 Å². The fourth-order valence-corrected chi connectivity index (χ4v) is 1.83. The highest BCUT2D eigenvalue weighted by Gasteiger charge is 2.18. The number of nitrogens with zero attached hydrogens (tertiary/aromatic N) is 3. The first-order chi connectivity index (χ1) is 7.29. The Hall–Kier alpha value is -1.36. The van der Waals surface area contributed by atoms with Crippen molar-refractivity contribution in [3.63, 3.8) is 0 Å². The maximum atomic E-state index is 5.92. The standard InChI is InChI=1S/C10H16N4O/c1-15-10-5-9(12-7-13-10)14-4-2-3-8(11)6-14/h5,7-8H,2-4,6,11H2,1H3. The largest absolute Gasteiger partial charge is 0.481 e. The van der Waals surface area contributed by atoms with Gasteiger partial charge in [-0.25, -0.2) is 9.97 Å². The maximum Gasteiger partial charge on any atom is 0.218 e. The second-order valence-corrected chi connectivity index (χ2v) is 3.77. The highest BCUT2D eigenvalue weighted by atomic mass is 16.5. The average Bonchev–Trinajstić information content (AvgIpc) is 2.29. The molecule has 1 aliphatic rings. The predicted octanol–water partition coefficient (Wildman–Crippen LogP) is 0.413. The van der Waals surface area contributed by atoms with Crippen LogP contribution in [0, 0.1) is 0 Å². The van der Waals surface area contributed by atoms with Gasteiger partial charge in [-0.05, 0) is 12.8 Å². The fraction of sp³-hybridized carbons (Fsp3) is 0.600. The van der Waals surface area contributed by atoms with Crippen molar-refractivity contribution in [2.24, 2.45) is 5.73 Å². The van der Waals surface area contributed by atoms with Crippen molar-refractivity contribution in [2.45, 2.75) is 18.9 Å². The maximum absolute atomic E-state index is 5.92. The number of aromatic nitrogens is 2. The molecule has 5 nitrogen and oxygen atoms in total. The number of piperidine rings is 1. The number of nitrogens with two attached hydrogens (primary N) is 1. The summed E-state index contributed by atoms with van der Waals surface area (Å²) in [7, 11) is 1.61. The van der Waals surface area contributed by atoms with Gasteiger partial charge in [0.05, 0.1) is 7.11 Å². The minimum Gasteiger partial charge on any atom is -0.481 e. The van der Waals surface area contributed by atoms with Crippen LogP contribution in [0.3, 0.4) is 0 Å². The van der Waals surface area contributed by atoms with Crippen LogP contribution in [0.25, 0.3) is 0 Å². The van der Waals surface area contributed by atoms with Gasteiger partial charge in [0.2, 0.25) is 5.88 Å². The quantitative estimate of drug-likeness (QED) is 0.762. The Morgan fingerprint density at radius 2 is 2.40 bits per heavy atom. The molecule has 2 heterocycles. The summed E-state index contributed by atoms with van der Waals surface area (Å²) in [6, 6.07) is 2.10. The SMILES string of the molecule is COc1cc(N2CCCC(N)C2)ncn1. The van der Waals surface area contributed by atoms with Crippen molar-refractivity contribution >= 4 is 5.82 Å². The zero-order valence-corrected chi connectivity index (χ0v) is 8.89. The smallest absolute Gasteiger partial charge is 0.218 e. The second kappa shape index (κ2) is 4.44. The van der Waals surface area contributed by atoms with E-state index < -0.39 is 0 Å². The molecule has 2 N–H and O–H groups in total. The van der Waals surface area contributed by atoms with Gasteiger partial charge in [-0.15, -0.1) is 0 Å². The molecule has 0 radical (unpaired) electrons. The van der Waals surface area contributed by atoms with E-state index in [2.05, 4.69) is 14.9 Å². The lowest BCUT2D eigenvalue weighted by Gasteiger charge is -2.31. The van der Waals surface area contributed by atoms with E-state index in [1.165, 1.54) is 6.33 Å². The van der Waals surface area contributed by atoms with Gasteiger partial charge in [0, 0.05) is 25.2 Å². The van der Waals surface area contributed by atoms with Crippen molar-refractivity contribution in [1.82, 2.24) is 9.97 Å². The third-order valence-electron chi connectivity index (χ3n) is 2.62. The minimum atomic E-state index is 0.250. The average molecular weight is 208 g/mol. The van der Waals surface area contributed by atoms with Crippen molar-refractivity contribution in [3.05, 3.63) is 12.4 Å². The zero-order chi connectivity index (χ0) is 10.7. The Balaban J connectivity index is 2.13. The van der Waals surface area contributed by atoms with E-state index in [9.17, 15) is 0 Å². The Morgan fingerprint density at radius 3 is 3.13 bits per heavy atom. The lowest BCUT2D eigenvalue weighted by atomic mass is 10.1. The van der Waals surface area contributed by atoms with Crippen molar-refractivity contribution < 1.29 is 4.74 Å². The molecule has 1 unspecified atom stereocenters. The summed E-state index contributed by atoms with van der Waals surface area (Å²) in [4.78, 5) is 10.4. The summed E-state index contributed by atoms with van der Waals surface area (Å²) in [6.07, 6.45) is 3.74. The lowest BCUT2D eigenvalue weighted by Crippen LogP contribution is -2.43. The number of anilines is 1. The van der Waals surface area contributed by atoms with E-state index in [1.54, 1.807) is 7.11 Å². The summed E-state index contributed by atoms with van der Waals surface area (Å²) in [5.74, 6) is 1.50. The molecule has 1 fully saturated rings. The summed E-state index contributed by atoms with van der Waals surface area (Å²) in [6.45, 7) is 1.87. The van der Waals surface area contributed by atoms with Crippen LogP contribution in [0.1, 0.15) is 12.8 Å². The van der Waals surface area contributed by atoms with Crippen LogP contribution in [-0.2, 0) is 0 Å². The molecule has 0 spiro atoms. The van der Waals surface area contributed by atoms with Crippen LogP contribution in [-0.4, -0.2) is 36.2 Å². The molecule has 0 aliphatic carbocycles. The number of hydrogen-bond donors (Lipinski definition) is 1. The molecule has 5 heteroatoms. The molecule has 0 bridgehead atoms. The first-order valence-corrected chi connectivity index (χ1v) is 5.16. The molecule has 2 rings (SSSR count). The second-order valence-electron chi connectivity index (χ2n) is 3.77. The molecule has 15 heavy (non-hydrogen) atoms. The highest BCUT2D eigenvalue weighted by molar-refractivity contribution is 5.41. The molecule has 0 saturated carbocycles. The molecule has 1 saturated heterocycles. The van der Waals surface area contributed by atoms with Gasteiger partial charge in [-0.2, -0.15) is 0 Å². The van der Waals surface area contributed by atoms with Crippen LogP contribution in [0.4, 0.5) is 5.82 Å². The number of ether oxygens (including phenoxy) is 1. The van der Waals surface area contributed by atoms with Gasteiger partial charge >= 0.3 is 0 Å². The predicted molar refractivity (Wildman–Crippen MR) is 58.0 cm³/mol. The molecule has 0 aromatic carbocycles. The van der Waals surface area contributed by atoms with E-state index >= 15 is 0 Å². The highest BCUT2D eigenvalue weighted by Crippen LogP contribution is 2.19. The molecule has 1 aromatic rings. The van der Waals surface area contributed by atoms with E-state index in [-0.39, 0.29) is 6.04 Å². The van der Waals surface area contributed by atoms with Crippen LogP contribution < -0.4 is 15.4 Å². The first kappa shape index (κ1) is 10.2. The molecule has 1 aliphatic heterocycles. The van der Waals surface area contributed by atoms with Crippen LogP contribution in [0.5, 0.6) is 5.88 Å². The first-order valence-electron chi connectivity index (χ1n) is 5.16. The van der Waals surface area contributed by atoms with Crippen LogP contribution >= 0.6 is 0 Å². The number of hydrogen-bond acceptors (Lipinski definition) is 5. The molecule has 1 atom stereocenters. The normalized spacial score (nSPS) is 21.5. The molecule has 1 aromatic heterocycles. The molecule has 0 amide bonds. The van der Waals surface area contributed by atoms with Crippen LogP contribution in [0.2, 0.25) is 0 Å². The van der Waals surface area contributed by atoms with Gasteiger partial charge in [-0.1, -0.05) is 0 Å². The Bertz CT molecular complexity index is 331. The third-order valence-corrected chi connectivity index (χ3v) is 2.62. The summed E-state index contributed by atoms with van der Waals surface area (Å²) >= 11 is 0. The summed E-state index contributed by atoms with van der Waals surface area (Å²) in [5.41, 5.74) is 5.92. The van der Waals surface area contributed by atoms with E-state index in [0.29, 0.717) is 5.88 Å². The van der Waals surface area contributed by atoms with E-state index in [0.717, 1.165) is 31.7 Å². The topological polar surface area (TPSA) is 64.3 Å². The van der Waals surface area contributed by atoms with Gasteiger partial charge in [-0.3, -0.25) is 0 Å². The Kier molecular flexibility index (Phi) is 3.01. The van der Waals surface area contributed by atoms with Crippen molar-refractivity contribution in [3.8, 4) is 5.88 Å². The van der Waals surface area contributed by atoms with Crippen LogP contribution in [0.15, 0.2) is 12.4 Å². The minimum absolute atomic E-state index is 0.250. The Morgan fingerprint density at radius 1 is 1.53 bits per heavy atom. The zero-order valence-electron chi connectivity index (χ0n) is 8.89. The van der Waals surface area contributed by atoms with Gasteiger partial charge in [0.15, 0.2) is 0 Å². The number of rotatable bonds is 2. The monoisotopic (exact) mass is 208 g/mol. The van der Waals surface area contributed by atoms with Gasteiger partial charge in [0.1, 0.15) is 12.1 Å². The van der Waals surface area contributed by atoms with Crippen molar-refractivity contribution in [1.29, 1.82) is 0 Å². The van der Waals surface area contributed by atoms with E-state index in [1.807, 2.05) is 6.07 Å². The Labute approximate surface area is 89.3 Å². The van der Waals surface area contributed by atoms with E-state index in [4.69, 9.17) is 10.5 Å². The lowest BCUT2D eigenvalue weighted by molar-refractivity contribution is 0.396. The molecular formula is C10H16N4O. The number of methoxy groups -OCH3 is 1. The summed E-state index contributed by atoms with van der Waals surface area (Å²) < 4.78 is 5.06. The van der Waals surface area contributed by atoms with Gasteiger partial charge in [0.25, 0.3) is 0 Å².